The smallest absolute Gasteiger partial charge is 0.303 e. The Morgan fingerprint density at radius 3 is 2.52 bits per heavy atom. The van der Waals surface area contributed by atoms with E-state index in [0.29, 0.717) is 24.5 Å². The van der Waals surface area contributed by atoms with Gasteiger partial charge >= 0.3 is 5.97 Å². The lowest BCUT2D eigenvalue weighted by Gasteiger charge is -2.14. The zero-order valence-electron chi connectivity index (χ0n) is 11.9. The van der Waals surface area contributed by atoms with Crippen molar-refractivity contribution in [3.05, 3.63) is 59.7 Å². The van der Waals surface area contributed by atoms with Gasteiger partial charge in [-0.15, -0.1) is 0 Å². The first-order valence-corrected chi connectivity index (χ1v) is 6.75. The summed E-state index contributed by atoms with van der Waals surface area (Å²) in [5.74, 6) is 0.408. The maximum Gasteiger partial charge on any atom is 0.303 e. The van der Waals surface area contributed by atoms with E-state index < -0.39 is 5.97 Å². The van der Waals surface area contributed by atoms with Crippen molar-refractivity contribution >= 4 is 5.97 Å². The number of carboxylic acids is 1. The van der Waals surface area contributed by atoms with Crippen LogP contribution < -0.4 is 9.47 Å². The molecule has 0 amide bonds. The normalized spacial score (nSPS) is 10.1. The zero-order valence-corrected chi connectivity index (χ0v) is 11.9. The molecule has 0 saturated heterocycles. The van der Waals surface area contributed by atoms with E-state index in [4.69, 9.17) is 14.6 Å². The molecule has 0 heterocycles. The van der Waals surface area contributed by atoms with E-state index >= 15 is 0 Å². The molecule has 0 unspecified atom stereocenters. The van der Waals surface area contributed by atoms with Crippen molar-refractivity contribution in [2.24, 2.45) is 0 Å². The maximum absolute atomic E-state index is 10.7. The summed E-state index contributed by atoms with van der Waals surface area (Å²) in [6, 6.07) is 15.3. The summed E-state index contributed by atoms with van der Waals surface area (Å²) >= 11 is 0. The van der Waals surface area contributed by atoms with Gasteiger partial charge in [-0.05, 0) is 23.6 Å². The lowest BCUT2D eigenvalue weighted by molar-refractivity contribution is -0.136. The standard InChI is InChI=1S/C17H18O4/c1-20-15-9-5-8-14(10-11-16(18)19)17(15)21-12-13-6-3-2-4-7-13/h2-9H,10-12H2,1H3,(H,18,19). The highest BCUT2D eigenvalue weighted by Gasteiger charge is 2.12. The van der Waals surface area contributed by atoms with Crippen LogP contribution in [0.25, 0.3) is 0 Å². The second-order valence-corrected chi connectivity index (χ2v) is 4.62. The van der Waals surface area contributed by atoms with Crippen molar-refractivity contribution < 1.29 is 19.4 Å². The number of benzene rings is 2. The third kappa shape index (κ3) is 4.24. The first-order chi connectivity index (χ1) is 10.2. The van der Waals surface area contributed by atoms with Crippen molar-refractivity contribution in [1.82, 2.24) is 0 Å². The van der Waals surface area contributed by atoms with Crippen LogP contribution in [0.5, 0.6) is 11.5 Å². The van der Waals surface area contributed by atoms with Crippen molar-refractivity contribution in [3.63, 3.8) is 0 Å². The van der Waals surface area contributed by atoms with Gasteiger partial charge in [0.25, 0.3) is 0 Å². The summed E-state index contributed by atoms with van der Waals surface area (Å²) in [6.45, 7) is 0.418. The second kappa shape index (κ2) is 7.33. The molecule has 4 heteroatoms. The van der Waals surface area contributed by atoms with Crippen molar-refractivity contribution in [2.45, 2.75) is 19.4 Å². The number of methoxy groups -OCH3 is 1. The summed E-state index contributed by atoms with van der Waals surface area (Å²) in [7, 11) is 1.58. The van der Waals surface area contributed by atoms with E-state index in [9.17, 15) is 4.79 Å². The highest BCUT2D eigenvalue weighted by atomic mass is 16.5. The number of rotatable bonds is 7. The van der Waals surface area contributed by atoms with E-state index in [1.807, 2.05) is 48.5 Å². The highest BCUT2D eigenvalue weighted by Crippen LogP contribution is 2.32. The molecule has 2 rings (SSSR count). The second-order valence-electron chi connectivity index (χ2n) is 4.62. The van der Waals surface area contributed by atoms with Crippen LogP contribution in [0.2, 0.25) is 0 Å². The minimum absolute atomic E-state index is 0.0643. The average molecular weight is 286 g/mol. The Morgan fingerprint density at radius 1 is 1.10 bits per heavy atom. The van der Waals surface area contributed by atoms with E-state index in [0.717, 1.165) is 11.1 Å². The molecule has 2 aromatic rings. The highest BCUT2D eigenvalue weighted by molar-refractivity contribution is 5.67. The Morgan fingerprint density at radius 2 is 1.86 bits per heavy atom. The summed E-state index contributed by atoms with van der Waals surface area (Å²) in [4.78, 5) is 10.7. The van der Waals surface area contributed by atoms with E-state index in [-0.39, 0.29) is 6.42 Å². The Labute approximate surface area is 123 Å². The van der Waals surface area contributed by atoms with Crippen LogP contribution >= 0.6 is 0 Å². The van der Waals surface area contributed by atoms with Crippen LogP contribution in [-0.4, -0.2) is 18.2 Å². The van der Waals surface area contributed by atoms with Gasteiger partial charge in [-0.2, -0.15) is 0 Å². The SMILES string of the molecule is COc1cccc(CCC(=O)O)c1OCc1ccccc1. The molecule has 0 aromatic heterocycles. The van der Waals surface area contributed by atoms with Gasteiger partial charge < -0.3 is 14.6 Å². The number of carboxylic acid groups (broad SMARTS) is 1. The molecule has 21 heavy (non-hydrogen) atoms. The van der Waals surface area contributed by atoms with Crippen LogP contribution in [0.15, 0.2) is 48.5 Å². The molecule has 0 aliphatic heterocycles. The van der Waals surface area contributed by atoms with Crippen molar-refractivity contribution in [3.8, 4) is 11.5 Å². The van der Waals surface area contributed by atoms with Gasteiger partial charge in [0.15, 0.2) is 11.5 Å². The van der Waals surface area contributed by atoms with E-state index in [2.05, 4.69) is 0 Å². The molecule has 0 spiro atoms. The van der Waals surface area contributed by atoms with Gasteiger partial charge in [0.1, 0.15) is 6.61 Å². The molecule has 0 fully saturated rings. The van der Waals surface area contributed by atoms with E-state index in [1.165, 1.54) is 0 Å². The van der Waals surface area contributed by atoms with Gasteiger partial charge in [0.2, 0.25) is 0 Å². The fraction of sp³-hybridized carbons (Fsp3) is 0.235. The maximum atomic E-state index is 10.7. The molecule has 0 bridgehead atoms. The summed E-state index contributed by atoms with van der Waals surface area (Å²) in [5, 5.41) is 8.83. The van der Waals surface area contributed by atoms with Crippen LogP contribution in [0.1, 0.15) is 17.5 Å². The third-order valence-corrected chi connectivity index (χ3v) is 3.11. The number of ether oxygens (including phenoxy) is 2. The van der Waals surface area contributed by atoms with E-state index in [1.54, 1.807) is 7.11 Å². The van der Waals surface area contributed by atoms with Crippen molar-refractivity contribution in [1.29, 1.82) is 0 Å². The van der Waals surface area contributed by atoms with Gasteiger partial charge in [0, 0.05) is 6.42 Å². The molecule has 1 N–H and O–H groups in total. The lowest BCUT2D eigenvalue weighted by Crippen LogP contribution is -2.03. The zero-order chi connectivity index (χ0) is 15.1. The molecule has 2 aromatic carbocycles. The predicted octanol–water partition coefficient (Wildman–Crippen LogP) is 3.29. The van der Waals surface area contributed by atoms with Crippen LogP contribution in [0.4, 0.5) is 0 Å². The fourth-order valence-electron chi connectivity index (χ4n) is 2.05. The molecule has 0 aliphatic carbocycles. The van der Waals surface area contributed by atoms with Crippen LogP contribution in [0.3, 0.4) is 0 Å². The summed E-state index contributed by atoms with van der Waals surface area (Å²) in [6.07, 6.45) is 0.478. The number of para-hydroxylation sites is 1. The first-order valence-electron chi connectivity index (χ1n) is 6.75. The number of hydrogen-bond donors (Lipinski definition) is 1. The molecule has 0 aliphatic rings. The van der Waals surface area contributed by atoms with Gasteiger partial charge in [-0.25, -0.2) is 0 Å². The van der Waals surface area contributed by atoms with Crippen LogP contribution in [-0.2, 0) is 17.8 Å². The molecule has 4 nitrogen and oxygen atoms in total. The third-order valence-electron chi connectivity index (χ3n) is 3.11. The topological polar surface area (TPSA) is 55.8 Å². The lowest BCUT2D eigenvalue weighted by atomic mass is 10.1. The minimum atomic E-state index is -0.827. The van der Waals surface area contributed by atoms with Gasteiger partial charge in [-0.1, -0.05) is 42.5 Å². The molecular formula is C17H18O4. The number of carbonyl (C=O) groups is 1. The Hall–Kier alpha value is -2.49. The van der Waals surface area contributed by atoms with Crippen molar-refractivity contribution in [2.75, 3.05) is 7.11 Å². The van der Waals surface area contributed by atoms with Crippen LogP contribution in [0, 0.1) is 0 Å². The monoisotopic (exact) mass is 286 g/mol. The quantitative estimate of drug-likeness (QED) is 0.848. The Bertz CT molecular complexity index is 593. The summed E-state index contributed by atoms with van der Waals surface area (Å²) < 4.78 is 11.2. The molecule has 110 valence electrons. The van der Waals surface area contributed by atoms with Gasteiger partial charge in [-0.3, -0.25) is 4.79 Å². The molecular weight excluding hydrogens is 268 g/mol. The predicted molar refractivity (Wildman–Crippen MR) is 79.7 cm³/mol. The Kier molecular flexibility index (Phi) is 5.21. The number of aryl methyl sites for hydroxylation is 1. The Balaban J connectivity index is 2.16. The molecule has 0 saturated carbocycles. The van der Waals surface area contributed by atoms with Gasteiger partial charge in [0.05, 0.1) is 7.11 Å². The largest absolute Gasteiger partial charge is 0.493 e. The minimum Gasteiger partial charge on any atom is -0.493 e. The number of aliphatic carboxylic acids is 1. The number of hydrogen-bond acceptors (Lipinski definition) is 3. The molecule has 0 atom stereocenters. The first kappa shape index (κ1) is 14.9. The fourth-order valence-corrected chi connectivity index (χ4v) is 2.05. The average Bonchev–Trinajstić information content (AvgIpc) is 2.52. The summed E-state index contributed by atoms with van der Waals surface area (Å²) in [5.41, 5.74) is 1.89. The molecule has 0 radical (unpaired) electrons.